The minimum atomic E-state index is -0.800. The molecule has 0 saturated carbocycles. The van der Waals surface area contributed by atoms with Gasteiger partial charge < -0.3 is 33.9 Å². The van der Waals surface area contributed by atoms with Crippen LogP contribution in [0.15, 0.2) is 42.0 Å². The van der Waals surface area contributed by atoms with Gasteiger partial charge in [-0.3, -0.25) is 9.59 Å². The van der Waals surface area contributed by atoms with E-state index in [-0.39, 0.29) is 11.3 Å². The van der Waals surface area contributed by atoms with E-state index in [2.05, 4.69) is 6.92 Å². The lowest BCUT2D eigenvalue weighted by atomic mass is 9.94. The van der Waals surface area contributed by atoms with Crippen molar-refractivity contribution in [2.75, 3.05) is 54.1 Å². The van der Waals surface area contributed by atoms with E-state index in [0.29, 0.717) is 67.0 Å². The average Bonchev–Trinajstić information content (AvgIpc) is 3.18. The van der Waals surface area contributed by atoms with Crippen LogP contribution in [0.3, 0.4) is 0 Å². The summed E-state index contributed by atoms with van der Waals surface area (Å²) >= 11 is 0. The Labute approximate surface area is 223 Å². The maximum Gasteiger partial charge on any atom is 0.295 e. The van der Waals surface area contributed by atoms with Crippen molar-refractivity contribution in [2.45, 2.75) is 32.2 Å². The monoisotopic (exact) mass is 524 g/mol. The van der Waals surface area contributed by atoms with Crippen LogP contribution in [0.25, 0.3) is 5.76 Å². The van der Waals surface area contributed by atoms with Crippen molar-refractivity contribution in [3.63, 3.8) is 0 Å². The Balaban J connectivity index is 1.76. The largest absolute Gasteiger partial charge is 0.507 e. The number of rotatable bonds is 11. The fourth-order valence-electron chi connectivity index (χ4n) is 4.62. The molecule has 1 fully saturated rings. The van der Waals surface area contributed by atoms with E-state index in [1.54, 1.807) is 37.4 Å². The normalized spacial score (nSPS) is 18.2. The molecule has 0 radical (unpaired) electrons. The molecule has 1 atom stereocenters. The number of ketones is 1. The fraction of sp³-hybridized carbons (Fsp3) is 0.448. The molecule has 2 aliphatic heterocycles. The summed E-state index contributed by atoms with van der Waals surface area (Å²) in [5.74, 6) is 0.465. The number of aliphatic hydroxyl groups excluding tert-OH is 1. The number of carbonyl (C=O) groups excluding carboxylic acids is 2. The topological polar surface area (TPSA) is 97.8 Å². The summed E-state index contributed by atoms with van der Waals surface area (Å²) in [7, 11) is 5.35. The number of benzene rings is 2. The Bertz CT molecular complexity index is 1210. The Kier molecular flexibility index (Phi) is 8.78. The fourth-order valence-corrected chi connectivity index (χ4v) is 4.62. The highest BCUT2D eigenvalue weighted by atomic mass is 16.6. The lowest BCUT2D eigenvalue weighted by molar-refractivity contribution is -0.140. The average molecular weight is 525 g/mol. The zero-order chi connectivity index (χ0) is 27.2. The molecular formula is C29H36N2O7. The lowest BCUT2D eigenvalue weighted by Crippen LogP contribution is -2.35. The highest BCUT2D eigenvalue weighted by molar-refractivity contribution is 6.46. The van der Waals surface area contributed by atoms with Gasteiger partial charge in [0.05, 0.1) is 25.3 Å². The van der Waals surface area contributed by atoms with Gasteiger partial charge in [-0.25, -0.2) is 0 Å². The number of unbranched alkanes of at least 4 members (excludes halogenated alkanes) is 2. The molecule has 9 heteroatoms. The van der Waals surface area contributed by atoms with Crippen molar-refractivity contribution in [3.05, 3.63) is 53.1 Å². The summed E-state index contributed by atoms with van der Waals surface area (Å²) in [5, 5.41) is 11.4. The van der Waals surface area contributed by atoms with Gasteiger partial charge in [-0.05, 0) is 56.4 Å². The molecule has 1 saturated heterocycles. The smallest absolute Gasteiger partial charge is 0.295 e. The molecular weight excluding hydrogens is 488 g/mol. The van der Waals surface area contributed by atoms with Crippen molar-refractivity contribution in [1.82, 2.24) is 9.80 Å². The molecule has 1 N–H and O–H groups in total. The van der Waals surface area contributed by atoms with Gasteiger partial charge in [-0.1, -0.05) is 25.8 Å². The van der Waals surface area contributed by atoms with E-state index in [1.165, 1.54) is 4.90 Å². The number of likely N-dealkylation sites (tertiary alicyclic amines) is 1. The predicted molar refractivity (Wildman–Crippen MR) is 143 cm³/mol. The van der Waals surface area contributed by atoms with Crippen LogP contribution in [0.1, 0.15) is 43.4 Å². The molecule has 2 aromatic rings. The van der Waals surface area contributed by atoms with Gasteiger partial charge in [0, 0.05) is 18.7 Å². The van der Waals surface area contributed by atoms with Crippen LogP contribution in [0.4, 0.5) is 0 Å². The first-order valence-corrected chi connectivity index (χ1v) is 13.0. The van der Waals surface area contributed by atoms with Crippen molar-refractivity contribution in [3.8, 4) is 23.0 Å². The minimum Gasteiger partial charge on any atom is -0.507 e. The summed E-state index contributed by atoms with van der Waals surface area (Å²) in [6, 6.07) is 9.54. The van der Waals surface area contributed by atoms with Crippen LogP contribution >= 0.6 is 0 Å². The number of Topliss-reactive ketones (excluding diaryl/α,β-unsaturated/α-hetero) is 1. The van der Waals surface area contributed by atoms with Crippen molar-refractivity contribution in [1.29, 1.82) is 0 Å². The number of hydrogen-bond donors (Lipinski definition) is 1. The molecule has 1 amide bonds. The molecule has 2 aliphatic rings. The summed E-state index contributed by atoms with van der Waals surface area (Å²) in [5.41, 5.74) is 1.02. The number of fused-ring (bicyclic) bond motifs is 1. The zero-order valence-corrected chi connectivity index (χ0v) is 22.5. The number of hydrogen-bond acceptors (Lipinski definition) is 8. The molecule has 2 heterocycles. The van der Waals surface area contributed by atoms with Crippen LogP contribution < -0.4 is 18.9 Å². The van der Waals surface area contributed by atoms with Gasteiger partial charge >= 0.3 is 0 Å². The summed E-state index contributed by atoms with van der Waals surface area (Å²) in [6.45, 7) is 4.37. The van der Waals surface area contributed by atoms with Gasteiger partial charge in [0.1, 0.15) is 19.0 Å². The quantitative estimate of drug-likeness (QED) is 0.204. The second-order valence-electron chi connectivity index (χ2n) is 9.62. The SMILES string of the molecule is CCCCCOc1ccc([C@H]2C(=C(O)c3ccc4c(c3)OCCO4)C(=O)C(=O)N2CCN(C)C)cc1OC. The van der Waals surface area contributed by atoms with Crippen LogP contribution in [-0.4, -0.2) is 80.7 Å². The molecule has 38 heavy (non-hydrogen) atoms. The Morgan fingerprint density at radius 1 is 1.05 bits per heavy atom. The van der Waals surface area contributed by atoms with Gasteiger partial charge in [0.25, 0.3) is 11.7 Å². The number of amides is 1. The van der Waals surface area contributed by atoms with E-state index in [9.17, 15) is 14.7 Å². The molecule has 0 bridgehead atoms. The first-order valence-electron chi connectivity index (χ1n) is 13.0. The predicted octanol–water partition coefficient (Wildman–Crippen LogP) is 4.02. The second-order valence-corrected chi connectivity index (χ2v) is 9.62. The van der Waals surface area contributed by atoms with E-state index >= 15 is 0 Å². The van der Waals surface area contributed by atoms with Gasteiger partial charge in [0.2, 0.25) is 0 Å². The maximum atomic E-state index is 13.3. The second kappa shape index (κ2) is 12.2. The minimum absolute atomic E-state index is 0.0177. The summed E-state index contributed by atoms with van der Waals surface area (Å²) in [6.07, 6.45) is 3.09. The molecule has 0 spiro atoms. The molecule has 0 unspecified atom stereocenters. The Morgan fingerprint density at radius 2 is 1.82 bits per heavy atom. The van der Waals surface area contributed by atoms with Crippen LogP contribution in [0.2, 0.25) is 0 Å². The number of methoxy groups -OCH3 is 1. The van der Waals surface area contributed by atoms with Gasteiger partial charge in [-0.2, -0.15) is 0 Å². The van der Waals surface area contributed by atoms with Gasteiger partial charge in [-0.15, -0.1) is 0 Å². The van der Waals surface area contributed by atoms with Crippen molar-refractivity contribution >= 4 is 17.4 Å². The highest BCUT2D eigenvalue weighted by Crippen LogP contribution is 2.43. The first kappa shape index (κ1) is 27.3. The highest BCUT2D eigenvalue weighted by Gasteiger charge is 2.46. The Hall–Kier alpha value is -3.72. The molecule has 0 aromatic heterocycles. The third-order valence-corrected chi connectivity index (χ3v) is 6.65. The standard InChI is InChI=1S/C29H36N2O7/c1-5-6-7-14-36-21-10-8-19(17-23(21)35-4)26-25(28(33)29(34)31(26)13-12-30(2)3)27(32)20-9-11-22-24(18-20)38-16-15-37-22/h8-11,17-18,26,32H,5-7,12-16H2,1-4H3/t26-/m0/s1. The first-order chi connectivity index (χ1) is 18.3. The van der Waals surface area contributed by atoms with Crippen molar-refractivity contribution in [2.24, 2.45) is 0 Å². The van der Waals surface area contributed by atoms with E-state index in [0.717, 1.165) is 19.3 Å². The molecule has 9 nitrogen and oxygen atoms in total. The summed E-state index contributed by atoms with van der Waals surface area (Å²) < 4.78 is 22.8. The molecule has 4 rings (SSSR count). The molecule has 0 aliphatic carbocycles. The number of likely N-dealkylation sites (N-methyl/N-ethyl adjacent to an activating group) is 1. The maximum absolute atomic E-state index is 13.3. The van der Waals surface area contributed by atoms with E-state index in [1.807, 2.05) is 25.1 Å². The van der Waals surface area contributed by atoms with Crippen molar-refractivity contribution < 1.29 is 33.6 Å². The van der Waals surface area contributed by atoms with Crippen LogP contribution in [-0.2, 0) is 9.59 Å². The molecule has 2 aromatic carbocycles. The summed E-state index contributed by atoms with van der Waals surface area (Å²) in [4.78, 5) is 30.0. The number of ether oxygens (including phenoxy) is 4. The van der Waals surface area contributed by atoms with E-state index < -0.39 is 17.7 Å². The number of carbonyl (C=O) groups is 2. The van der Waals surface area contributed by atoms with Crippen LogP contribution in [0.5, 0.6) is 23.0 Å². The van der Waals surface area contributed by atoms with E-state index in [4.69, 9.17) is 18.9 Å². The third kappa shape index (κ3) is 5.72. The number of nitrogens with zero attached hydrogens (tertiary/aromatic N) is 2. The Morgan fingerprint density at radius 3 is 2.53 bits per heavy atom. The third-order valence-electron chi connectivity index (χ3n) is 6.65. The lowest BCUT2D eigenvalue weighted by Gasteiger charge is -2.27. The zero-order valence-electron chi connectivity index (χ0n) is 22.5. The number of aliphatic hydroxyl groups is 1. The van der Waals surface area contributed by atoms with Gasteiger partial charge in [0.15, 0.2) is 23.0 Å². The van der Waals surface area contributed by atoms with Crippen LogP contribution in [0, 0.1) is 0 Å². The molecule has 204 valence electrons.